The van der Waals surface area contributed by atoms with Gasteiger partial charge in [0.2, 0.25) is 10.0 Å². The Morgan fingerprint density at radius 1 is 1.20 bits per heavy atom. The molecule has 1 aliphatic rings. The predicted molar refractivity (Wildman–Crippen MR) is 102 cm³/mol. The van der Waals surface area contributed by atoms with Gasteiger partial charge >= 0.3 is 0 Å². The molecule has 1 aliphatic carbocycles. The van der Waals surface area contributed by atoms with Crippen LogP contribution < -0.4 is 10.0 Å². The number of anilines is 1. The van der Waals surface area contributed by atoms with E-state index in [-0.39, 0.29) is 6.04 Å². The Balaban J connectivity index is 1.48. The van der Waals surface area contributed by atoms with Crippen molar-refractivity contribution in [2.45, 2.75) is 57.2 Å². The molecule has 1 saturated carbocycles. The molecule has 0 radical (unpaired) electrons. The van der Waals surface area contributed by atoms with Crippen molar-refractivity contribution in [3.8, 4) is 0 Å². The number of rotatable bonds is 5. The number of benzene rings is 1. The molecule has 1 aromatic carbocycles. The lowest BCUT2D eigenvalue weighted by molar-refractivity contribution is 0.322. The molecular formula is C18H28N4O2S. The topological polar surface area (TPSA) is 86.9 Å². The average Bonchev–Trinajstić information content (AvgIpc) is 3.00. The van der Waals surface area contributed by atoms with E-state index in [0.29, 0.717) is 5.92 Å². The molecule has 1 heterocycles. The number of nitrogens with one attached hydrogen (secondary N) is 3. The predicted octanol–water partition coefficient (Wildman–Crippen LogP) is 3.25. The summed E-state index contributed by atoms with van der Waals surface area (Å²) in [6.07, 6.45) is 5.72. The zero-order valence-corrected chi connectivity index (χ0v) is 16.0. The molecule has 0 amide bonds. The number of H-pyrrole nitrogens is 1. The Hall–Kier alpha value is -1.60. The van der Waals surface area contributed by atoms with Crippen molar-refractivity contribution < 1.29 is 8.42 Å². The van der Waals surface area contributed by atoms with Crippen LogP contribution in [-0.2, 0) is 10.0 Å². The zero-order valence-electron chi connectivity index (χ0n) is 15.2. The number of aromatic amines is 1. The van der Waals surface area contributed by atoms with Gasteiger partial charge in [-0.3, -0.25) is 5.10 Å². The lowest BCUT2D eigenvalue weighted by Gasteiger charge is -2.31. The minimum atomic E-state index is -3.26. The summed E-state index contributed by atoms with van der Waals surface area (Å²) in [5.74, 6) is 0.579. The molecule has 7 heteroatoms. The first-order valence-electron chi connectivity index (χ1n) is 8.93. The van der Waals surface area contributed by atoms with Gasteiger partial charge in [-0.15, -0.1) is 0 Å². The molecule has 25 heavy (non-hydrogen) atoms. The number of sulfonamides is 1. The Kier molecular flexibility index (Phi) is 5.06. The van der Waals surface area contributed by atoms with Gasteiger partial charge in [-0.1, -0.05) is 0 Å². The zero-order chi connectivity index (χ0) is 18.1. The number of nitrogens with zero attached hydrogens (tertiary/aromatic N) is 1. The second-order valence-corrected chi connectivity index (χ2v) is 10.5. The maximum Gasteiger partial charge on any atom is 0.216 e. The van der Waals surface area contributed by atoms with E-state index < -0.39 is 14.8 Å². The number of hydrogen-bond acceptors (Lipinski definition) is 4. The Morgan fingerprint density at radius 3 is 2.60 bits per heavy atom. The van der Waals surface area contributed by atoms with E-state index in [4.69, 9.17) is 0 Å². The fourth-order valence-corrected chi connectivity index (χ4v) is 4.22. The van der Waals surface area contributed by atoms with Crippen LogP contribution in [0.2, 0.25) is 0 Å². The highest BCUT2D eigenvalue weighted by Gasteiger charge is 2.32. The summed E-state index contributed by atoms with van der Waals surface area (Å²) in [7, 11) is -3.26. The minimum Gasteiger partial charge on any atom is -0.385 e. The number of fused-ring (bicyclic) bond motifs is 1. The first kappa shape index (κ1) is 18.2. The van der Waals surface area contributed by atoms with E-state index in [9.17, 15) is 8.42 Å². The molecule has 0 unspecified atom stereocenters. The van der Waals surface area contributed by atoms with Crippen LogP contribution in [0.15, 0.2) is 24.4 Å². The standard InChI is InChI=1S/C18H28N4O2S/c1-18(2,3)25(23,24)22-15-6-4-13(5-7-15)11-19-16-8-9-17-14(10-16)12-20-21-17/h8-10,12-13,15,19,22H,4-7,11H2,1-3H3,(H,20,21)/t13-,15-. The maximum atomic E-state index is 12.3. The van der Waals surface area contributed by atoms with Crippen LogP contribution in [0.5, 0.6) is 0 Å². The minimum absolute atomic E-state index is 0.0720. The molecular weight excluding hydrogens is 336 g/mol. The highest BCUT2D eigenvalue weighted by molar-refractivity contribution is 7.90. The van der Waals surface area contributed by atoms with Crippen LogP contribution in [0.3, 0.4) is 0 Å². The van der Waals surface area contributed by atoms with Gasteiger partial charge in [0, 0.05) is 23.7 Å². The number of hydrogen-bond donors (Lipinski definition) is 3. The van der Waals surface area contributed by atoms with Crippen molar-refractivity contribution in [2.75, 3.05) is 11.9 Å². The van der Waals surface area contributed by atoms with Gasteiger partial charge in [-0.2, -0.15) is 5.10 Å². The third kappa shape index (κ3) is 4.33. The fourth-order valence-electron chi connectivity index (χ4n) is 3.20. The van der Waals surface area contributed by atoms with Crippen LogP contribution in [0.25, 0.3) is 10.9 Å². The van der Waals surface area contributed by atoms with Crippen LogP contribution in [0, 0.1) is 5.92 Å². The van der Waals surface area contributed by atoms with Crippen LogP contribution >= 0.6 is 0 Å². The van der Waals surface area contributed by atoms with Crippen molar-refractivity contribution in [1.29, 1.82) is 0 Å². The van der Waals surface area contributed by atoms with E-state index in [1.807, 2.05) is 12.3 Å². The fraction of sp³-hybridized carbons (Fsp3) is 0.611. The second-order valence-electron chi connectivity index (χ2n) is 8.00. The first-order valence-corrected chi connectivity index (χ1v) is 10.4. The van der Waals surface area contributed by atoms with Crippen LogP contribution in [-0.4, -0.2) is 35.9 Å². The highest BCUT2D eigenvalue weighted by atomic mass is 32.2. The number of aromatic nitrogens is 2. The van der Waals surface area contributed by atoms with Gasteiger partial charge in [0.25, 0.3) is 0 Å². The molecule has 0 bridgehead atoms. The summed E-state index contributed by atoms with van der Waals surface area (Å²) in [5.41, 5.74) is 2.14. The van der Waals surface area contributed by atoms with Crippen molar-refractivity contribution >= 4 is 26.6 Å². The molecule has 3 N–H and O–H groups in total. The molecule has 6 nitrogen and oxygen atoms in total. The SMILES string of the molecule is CC(C)(C)S(=O)(=O)N[C@H]1CC[C@H](CNc2ccc3[nH]ncc3c2)CC1. The first-order chi connectivity index (χ1) is 11.7. The average molecular weight is 365 g/mol. The lowest BCUT2D eigenvalue weighted by atomic mass is 9.86. The quantitative estimate of drug-likeness (QED) is 0.760. The lowest BCUT2D eigenvalue weighted by Crippen LogP contribution is -2.46. The monoisotopic (exact) mass is 364 g/mol. The van der Waals surface area contributed by atoms with Crippen molar-refractivity contribution in [3.63, 3.8) is 0 Å². The highest BCUT2D eigenvalue weighted by Crippen LogP contribution is 2.27. The van der Waals surface area contributed by atoms with Gasteiger partial charge in [-0.05, 0) is 70.6 Å². The molecule has 0 aliphatic heterocycles. The summed E-state index contributed by atoms with van der Waals surface area (Å²) in [5, 5.41) is 11.6. The van der Waals surface area contributed by atoms with Gasteiger partial charge in [0.15, 0.2) is 0 Å². The van der Waals surface area contributed by atoms with E-state index in [0.717, 1.165) is 48.8 Å². The van der Waals surface area contributed by atoms with E-state index in [2.05, 4.69) is 32.4 Å². The smallest absolute Gasteiger partial charge is 0.216 e. The molecule has 1 fully saturated rings. The second kappa shape index (κ2) is 6.96. The van der Waals surface area contributed by atoms with E-state index >= 15 is 0 Å². The molecule has 0 saturated heterocycles. The summed E-state index contributed by atoms with van der Waals surface area (Å²) in [6, 6.07) is 6.26. The molecule has 3 rings (SSSR count). The summed E-state index contributed by atoms with van der Waals surface area (Å²) in [4.78, 5) is 0. The maximum absolute atomic E-state index is 12.3. The van der Waals surface area contributed by atoms with Gasteiger partial charge in [0.1, 0.15) is 0 Å². The summed E-state index contributed by atoms with van der Waals surface area (Å²) in [6.45, 7) is 6.13. The van der Waals surface area contributed by atoms with E-state index in [1.54, 1.807) is 20.8 Å². The third-order valence-electron chi connectivity index (χ3n) is 5.01. The Labute approximate surface area is 149 Å². The summed E-state index contributed by atoms with van der Waals surface area (Å²) >= 11 is 0. The van der Waals surface area contributed by atoms with Crippen molar-refractivity contribution in [2.24, 2.45) is 5.92 Å². The van der Waals surface area contributed by atoms with Crippen LogP contribution in [0.1, 0.15) is 46.5 Å². The molecule has 1 aromatic heterocycles. The summed E-state index contributed by atoms with van der Waals surface area (Å²) < 4.78 is 26.7. The Bertz CT molecular complexity index is 815. The van der Waals surface area contributed by atoms with Crippen LogP contribution in [0.4, 0.5) is 5.69 Å². The van der Waals surface area contributed by atoms with Crippen molar-refractivity contribution in [1.82, 2.24) is 14.9 Å². The Morgan fingerprint density at radius 2 is 1.92 bits per heavy atom. The van der Waals surface area contributed by atoms with Gasteiger partial charge in [-0.25, -0.2) is 13.1 Å². The normalized spacial score (nSPS) is 22.2. The van der Waals surface area contributed by atoms with Crippen molar-refractivity contribution in [3.05, 3.63) is 24.4 Å². The molecule has 0 spiro atoms. The molecule has 2 aromatic rings. The van der Waals surface area contributed by atoms with Gasteiger partial charge in [0.05, 0.1) is 16.5 Å². The largest absolute Gasteiger partial charge is 0.385 e. The molecule has 0 atom stereocenters. The van der Waals surface area contributed by atoms with E-state index in [1.165, 1.54) is 0 Å². The third-order valence-corrected chi connectivity index (χ3v) is 7.27. The molecule has 138 valence electrons. The van der Waals surface area contributed by atoms with Gasteiger partial charge < -0.3 is 5.32 Å².